The van der Waals surface area contributed by atoms with Crippen molar-refractivity contribution in [3.8, 4) is 5.69 Å². The molecular weight excluding hydrogens is 250 g/mol. The molecule has 2 aromatic rings. The van der Waals surface area contributed by atoms with Crippen LogP contribution in [0, 0.1) is 0 Å². The number of imidazole rings is 1. The highest BCUT2D eigenvalue weighted by molar-refractivity contribution is 5.30. The third kappa shape index (κ3) is 2.50. The third-order valence-corrected chi connectivity index (χ3v) is 4.03. The SMILES string of the molecule is CC1CCCC(c2cncn2-c2cnn(C(C)C)c2)N1. The number of rotatable bonds is 3. The van der Waals surface area contributed by atoms with E-state index in [1.807, 2.05) is 23.4 Å². The Balaban J connectivity index is 1.89. The third-order valence-electron chi connectivity index (χ3n) is 4.03. The summed E-state index contributed by atoms with van der Waals surface area (Å²) in [5, 5.41) is 8.09. The Morgan fingerprint density at radius 2 is 2.15 bits per heavy atom. The van der Waals surface area contributed by atoms with Crippen molar-refractivity contribution in [3.05, 3.63) is 30.6 Å². The van der Waals surface area contributed by atoms with E-state index in [1.165, 1.54) is 25.0 Å². The summed E-state index contributed by atoms with van der Waals surface area (Å²) in [7, 11) is 0. The van der Waals surface area contributed by atoms with Crippen LogP contribution in [0.25, 0.3) is 5.69 Å². The molecule has 0 saturated carbocycles. The fourth-order valence-electron chi connectivity index (χ4n) is 2.89. The molecule has 0 spiro atoms. The maximum absolute atomic E-state index is 4.42. The summed E-state index contributed by atoms with van der Waals surface area (Å²) in [6.45, 7) is 6.52. The van der Waals surface area contributed by atoms with Gasteiger partial charge in [0.2, 0.25) is 0 Å². The molecule has 2 unspecified atom stereocenters. The first-order chi connectivity index (χ1) is 9.65. The second-order valence-corrected chi connectivity index (χ2v) is 6.01. The summed E-state index contributed by atoms with van der Waals surface area (Å²) in [4.78, 5) is 4.34. The summed E-state index contributed by atoms with van der Waals surface area (Å²) >= 11 is 0. The minimum absolute atomic E-state index is 0.378. The summed E-state index contributed by atoms with van der Waals surface area (Å²) in [6, 6.07) is 1.35. The largest absolute Gasteiger partial charge is 0.306 e. The zero-order valence-electron chi connectivity index (χ0n) is 12.5. The van der Waals surface area contributed by atoms with E-state index < -0.39 is 0 Å². The van der Waals surface area contributed by atoms with Crippen molar-refractivity contribution in [2.75, 3.05) is 0 Å². The molecule has 5 nitrogen and oxygen atoms in total. The fourth-order valence-corrected chi connectivity index (χ4v) is 2.89. The quantitative estimate of drug-likeness (QED) is 0.935. The maximum atomic E-state index is 4.42. The van der Waals surface area contributed by atoms with Crippen molar-refractivity contribution in [1.29, 1.82) is 0 Å². The van der Waals surface area contributed by atoms with Crippen molar-refractivity contribution < 1.29 is 0 Å². The molecule has 0 bridgehead atoms. The lowest BCUT2D eigenvalue weighted by Gasteiger charge is -2.29. The Bertz CT molecular complexity index is 568. The Kier molecular flexibility index (Phi) is 3.61. The Labute approximate surface area is 120 Å². The molecule has 0 aromatic carbocycles. The summed E-state index contributed by atoms with van der Waals surface area (Å²) in [6.07, 6.45) is 11.6. The van der Waals surface area contributed by atoms with Crippen molar-refractivity contribution in [3.63, 3.8) is 0 Å². The van der Waals surface area contributed by atoms with Crippen molar-refractivity contribution >= 4 is 0 Å². The van der Waals surface area contributed by atoms with Gasteiger partial charge in [-0.2, -0.15) is 5.10 Å². The van der Waals surface area contributed by atoms with E-state index in [9.17, 15) is 0 Å². The van der Waals surface area contributed by atoms with Gasteiger partial charge in [-0.25, -0.2) is 4.98 Å². The predicted octanol–water partition coefficient (Wildman–Crippen LogP) is 2.85. The van der Waals surface area contributed by atoms with Crippen molar-refractivity contribution in [1.82, 2.24) is 24.6 Å². The van der Waals surface area contributed by atoms with E-state index in [4.69, 9.17) is 0 Å². The van der Waals surface area contributed by atoms with Crippen LogP contribution in [-0.4, -0.2) is 25.4 Å². The Morgan fingerprint density at radius 3 is 2.85 bits per heavy atom. The van der Waals surface area contributed by atoms with Gasteiger partial charge in [0.1, 0.15) is 0 Å². The number of piperidine rings is 1. The smallest absolute Gasteiger partial charge is 0.0995 e. The van der Waals surface area contributed by atoms with Crippen LogP contribution < -0.4 is 5.32 Å². The molecule has 2 aromatic heterocycles. The summed E-state index contributed by atoms with van der Waals surface area (Å²) in [5.74, 6) is 0. The molecule has 1 N–H and O–H groups in total. The van der Waals surface area contributed by atoms with Crippen LogP contribution in [0.5, 0.6) is 0 Å². The molecule has 0 radical (unpaired) electrons. The van der Waals surface area contributed by atoms with Crippen LogP contribution in [0.4, 0.5) is 0 Å². The van der Waals surface area contributed by atoms with Crippen LogP contribution in [-0.2, 0) is 0 Å². The molecule has 5 heteroatoms. The standard InChI is InChI=1S/C15H23N5/c1-11(2)20-9-13(7-17-20)19-10-16-8-15(19)14-6-4-5-12(3)18-14/h7-12,14,18H,4-6H2,1-3H3. The van der Waals surface area contributed by atoms with Gasteiger partial charge in [-0.3, -0.25) is 9.25 Å². The zero-order valence-corrected chi connectivity index (χ0v) is 12.5. The maximum Gasteiger partial charge on any atom is 0.0995 e. The topological polar surface area (TPSA) is 47.7 Å². The minimum atomic E-state index is 0.378. The number of hydrogen-bond acceptors (Lipinski definition) is 3. The highest BCUT2D eigenvalue weighted by atomic mass is 15.3. The predicted molar refractivity (Wildman–Crippen MR) is 78.9 cm³/mol. The average molecular weight is 273 g/mol. The minimum Gasteiger partial charge on any atom is -0.306 e. The molecule has 108 valence electrons. The van der Waals surface area contributed by atoms with E-state index in [0.29, 0.717) is 18.1 Å². The van der Waals surface area contributed by atoms with Gasteiger partial charge in [0.05, 0.1) is 30.1 Å². The second kappa shape index (κ2) is 5.40. The highest BCUT2D eigenvalue weighted by Crippen LogP contribution is 2.27. The van der Waals surface area contributed by atoms with Gasteiger partial charge in [0.15, 0.2) is 0 Å². The van der Waals surface area contributed by atoms with E-state index >= 15 is 0 Å². The lowest BCUT2D eigenvalue weighted by atomic mass is 9.97. The molecule has 0 aliphatic carbocycles. The van der Waals surface area contributed by atoms with Crippen LogP contribution in [0.3, 0.4) is 0 Å². The molecule has 1 aliphatic rings. The molecule has 1 saturated heterocycles. The lowest BCUT2D eigenvalue weighted by Crippen LogP contribution is -2.35. The number of nitrogens with zero attached hydrogens (tertiary/aromatic N) is 4. The van der Waals surface area contributed by atoms with Crippen molar-refractivity contribution in [2.24, 2.45) is 0 Å². The fraction of sp³-hybridized carbons (Fsp3) is 0.600. The second-order valence-electron chi connectivity index (χ2n) is 6.01. The first-order valence-electron chi connectivity index (χ1n) is 7.48. The number of aromatic nitrogens is 4. The van der Waals surface area contributed by atoms with Gasteiger partial charge in [-0.1, -0.05) is 0 Å². The van der Waals surface area contributed by atoms with Crippen LogP contribution in [0.2, 0.25) is 0 Å². The number of nitrogens with one attached hydrogen (secondary N) is 1. The van der Waals surface area contributed by atoms with E-state index in [-0.39, 0.29) is 0 Å². The van der Waals surface area contributed by atoms with Gasteiger partial charge in [-0.05, 0) is 40.0 Å². The molecule has 0 amide bonds. The van der Waals surface area contributed by atoms with Gasteiger partial charge in [0, 0.05) is 24.3 Å². The van der Waals surface area contributed by atoms with Crippen molar-refractivity contribution in [2.45, 2.75) is 58.2 Å². The van der Waals surface area contributed by atoms with Gasteiger partial charge in [-0.15, -0.1) is 0 Å². The molecule has 2 atom stereocenters. The van der Waals surface area contributed by atoms with Crippen LogP contribution in [0.15, 0.2) is 24.9 Å². The molecule has 1 aliphatic heterocycles. The monoisotopic (exact) mass is 273 g/mol. The zero-order chi connectivity index (χ0) is 14.1. The molecule has 3 heterocycles. The Hall–Kier alpha value is -1.62. The van der Waals surface area contributed by atoms with Gasteiger partial charge in [0.25, 0.3) is 0 Å². The van der Waals surface area contributed by atoms with Crippen LogP contribution >= 0.6 is 0 Å². The summed E-state index contributed by atoms with van der Waals surface area (Å²) in [5.41, 5.74) is 2.33. The number of hydrogen-bond donors (Lipinski definition) is 1. The normalized spacial score (nSPS) is 23.4. The summed E-state index contributed by atoms with van der Waals surface area (Å²) < 4.78 is 4.14. The average Bonchev–Trinajstić information content (AvgIpc) is 3.07. The molecule has 1 fully saturated rings. The highest BCUT2D eigenvalue weighted by Gasteiger charge is 2.22. The Morgan fingerprint density at radius 1 is 1.30 bits per heavy atom. The first-order valence-corrected chi connectivity index (χ1v) is 7.48. The van der Waals surface area contributed by atoms with E-state index in [1.54, 1.807) is 0 Å². The van der Waals surface area contributed by atoms with Gasteiger partial charge < -0.3 is 5.32 Å². The molecule has 3 rings (SSSR count). The van der Waals surface area contributed by atoms with E-state index in [2.05, 4.69) is 46.9 Å². The first kappa shape index (κ1) is 13.4. The molecule has 20 heavy (non-hydrogen) atoms. The van der Waals surface area contributed by atoms with Gasteiger partial charge >= 0.3 is 0 Å². The van der Waals surface area contributed by atoms with Crippen LogP contribution in [0.1, 0.15) is 57.8 Å². The molecular formula is C15H23N5. The van der Waals surface area contributed by atoms with E-state index in [0.717, 1.165) is 5.69 Å². The lowest BCUT2D eigenvalue weighted by molar-refractivity contribution is 0.334.